The summed E-state index contributed by atoms with van der Waals surface area (Å²) >= 11 is 3.31. The molecule has 0 unspecified atom stereocenters. The van der Waals surface area contributed by atoms with Crippen LogP contribution in [0.25, 0.3) is 5.69 Å². The lowest BCUT2D eigenvalue weighted by Gasteiger charge is -2.16. The lowest BCUT2D eigenvalue weighted by atomic mass is 9.90. The van der Waals surface area contributed by atoms with Crippen LogP contribution in [0.4, 0.5) is 4.39 Å². The Hall–Kier alpha value is -1.69. The monoisotopic (exact) mass is 326 g/mol. The first-order valence-corrected chi connectivity index (χ1v) is 6.36. The molecule has 0 radical (unpaired) electrons. The zero-order valence-electron chi connectivity index (χ0n) is 10.4. The molecule has 6 heteroatoms. The van der Waals surface area contributed by atoms with Crippen molar-refractivity contribution in [3.63, 3.8) is 0 Å². The molecule has 2 rings (SSSR count). The van der Waals surface area contributed by atoms with Crippen molar-refractivity contribution in [1.82, 2.24) is 9.78 Å². The summed E-state index contributed by atoms with van der Waals surface area (Å²) in [6.45, 7) is 3.16. The summed E-state index contributed by atoms with van der Waals surface area (Å²) in [5.41, 5.74) is -0.0247. The number of nitrogens with zero attached hydrogens (tertiary/aromatic N) is 2. The average Bonchev–Trinajstić information content (AvgIpc) is 2.72. The molecular weight excluding hydrogens is 315 g/mol. The van der Waals surface area contributed by atoms with Gasteiger partial charge in [-0.25, -0.2) is 9.07 Å². The smallest absolute Gasteiger partial charge is 0.315 e. The van der Waals surface area contributed by atoms with Crippen molar-refractivity contribution in [1.29, 1.82) is 0 Å². The molecule has 4 nitrogen and oxygen atoms in total. The number of halogens is 2. The van der Waals surface area contributed by atoms with Crippen LogP contribution in [0.15, 0.2) is 34.9 Å². The molecule has 0 spiro atoms. The topological polar surface area (TPSA) is 55.1 Å². The van der Waals surface area contributed by atoms with Crippen molar-refractivity contribution in [2.24, 2.45) is 0 Å². The predicted octanol–water partition coefficient (Wildman–Crippen LogP) is 3.14. The molecule has 0 aliphatic rings. The summed E-state index contributed by atoms with van der Waals surface area (Å²) < 4.78 is 15.0. The van der Waals surface area contributed by atoms with E-state index in [1.807, 2.05) is 0 Å². The lowest BCUT2D eigenvalue weighted by molar-refractivity contribution is -0.142. The van der Waals surface area contributed by atoms with Gasteiger partial charge in [0, 0.05) is 6.20 Å². The van der Waals surface area contributed by atoms with Crippen molar-refractivity contribution in [2.45, 2.75) is 19.3 Å². The van der Waals surface area contributed by atoms with Gasteiger partial charge in [-0.15, -0.1) is 0 Å². The van der Waals surface area contributed by atoms with Gasteiger partial charge in [0.15, 0.2) is 0 Å². The van der Waals surface area contributed by atoms with Crippen molar-refractivity contribution in [3.05, 3.63) is 46.4 Å². The minimum atomic E-state index is -1.11. The maximum atomic E-state index is 12.9. The number of aliphatic carboxylic acids is 1. The first kappa shape index (κ1) is 13.7. The molecule has 1 N–H and O–H groups in total. The van der Waals surface area contributed by atoms with Crippen LogP contribution in [0.1, 0.15) is 19.5 Å². The quantitative estimate of drug-likeness (QED) is 0.942. The Morgan fingerprint density at radius 1 is 1.37 bits per heavy atom. The van der Waals surface area contributed by atoms with E-state index >= 15 is 0 Å². The highest BCUT2D eigenvalue weighted by molar-refractivity contribution is 9.10. The van der Waals surface area contributed by atoms with Crippen LogP contribution in [0.2, 0.25) is 0 Å². The second-order valence-electron chi connectivity index (χ2n) is 4.68. The first-order valence-electron chi connectivity index (χ1n) is 5.57. The van der Waals surface area contributed by atoms with Gasteiger partial charge in [0.05, 0.1) is 15.9 Å². The highest BCUT2D eigenvalue weighted by Gasteiger charge is 2.34. The van der Waals surface area contributed by atoms with Gasteiger partial charge in [-0.1, -0.05) is 0 Å². The van der Waals surface area contributed by atoms with Gasteiger partial charge >= 0.3 is 5.97 Å². The van der Waals surface area contributed by atoms with Gasteiger partial charge in [0.25, 0.3) is 0 Å². The van der Waals surface area contributed by atoms with Crippen LogP contribution in [-0.4, -0.2) is 20.9 Å². The summed E-state index contributed by atoms with van der Waals surface area (Å²) in [6, 6.07) is 5.80. The van der Waals surface area contributed by atoms with E-state index in [1.165, 1.54) is 16.8 Å². The predicted molar refractivity (Wildman–Crippen MR) is 71.9 cm³/mol. The van der Waals surface area contributed by atoms with Gasteiger partial charge in [-0.2, -0.15) is 5.10 Å². The molecule has 0 amide bonds. The van der Waals surface area contributed by atoms with Gasteiger partial charge in [-0.05, 0) is 54.0 Å². The van der Waals surface area contributed by atoms with Crippen LogP contribution in [0.3, 0.4) is 0 Å². The second kappa shape index (κ2) is 4.77. The number of hydrogen-bond donors (Lipinski definition) is 1. The summed E-state index contributed by atoms with van der Waals surface area (Å²) in [5, 5.41) is 13.5. The van der Waals surface area contributed by atoms with Crippen molar-refractivity contribution in [2.75, 3.05) is 0 Å². The summed E-state index contributed by atoms with van der Waals surface area (Å²) in [5.74, 6) is -1.29. The molecule has 0 saturated carbocycles. The summed E-state index contributed by atoms with van der Waals surface area (Å²) in [4.78, 5) is 11.2. The van der Waals surface area contributed by atoms with Crippen LogP contribution >= 0.6 is 15.9 Å². The molecule has 2 aromatic rings. The van der Waals surface area contributed by atoms with E-state index in [1.54, 1.807) is 32.2 Å². The Balaban J connectivity index is 2.47. The van der Waals surface area contributed by atoms with Crippen LogP contribution < -0.4 is 0 Å². The molecule has 1 aromatic carbocycles. The second-order valence-corrected chi connectivity index (χ2v) is 5.53. The molecule has 0 aliphatic heterocycles. The Labute approximate surface area is 118 Å². The number of carbonyl (C=O) groups is 1. The standard InChI is InChI=1S/C13H12BrFN2O2/c1-13(2,12(18)19)11-10(14)7-17(16-11)9-5-3-8(15)4-6-9/h3-7H,1-2H3,(H,18,19). The minimum Gasteiger partial charge on any atom is -0.481 e. The van der Waals surface area contributed by atoms with Gasteiger partial charge in [0.1, 0.15) is 11.2 Å². The van der Waals surface area contributed by atoms with E-state index in [4.69, 9.17) is 0 Å². The maximum absolute atomic E-state index is 12.9. The number of aromatic nitrogens is 2. The largest absolute Gasteiger partial charge is 0.481 e. The van der Waals surface area contributed by atoms with Crippen LogP contribution in [0.5, 0.6) is 0 Å². The number of benzene rings is 1. The molecule has 0 atom stereocenters. The van der Waals surface area contributed by atoms with E-state index in [2.05, 4.69) is 21.0 Å². The Bertz CT molecular complexity index is 620. The van der Waals surface area contributed by atoms with Crippen molar-refractivity contribution in [3.8, 4) is 5.69 Å². The number of carboxylic acid groups (broad SMARTS) is 1. The molecule has 1 aromatic heterocycles. The van der Waals surface area contributed by atoms with E-state index in [0.717, 1.165) is 0 Å². The Kier molecular flexibility index (Phi) is 3.45. The molecule has 0 bridgehead atoms. The third-order valence-corrected chi connectivity index (χ3v) is 3.47. The van der Waals surface area contributed by atoms with E-state index in [0.29, 0.717) is 15.9 Å². The van der Waals surface area contributed by atoms with Crippen molar-refractivity contribution < 1.29 is 14.3 Å². The van der Waals surface area contributed by atoms with E-state index in [9.17, 15) is 14.3 Å². The molecule has 19 heavy (non-hydrogen) atoms. The molecular formula is C13H12BrFN2O2. The maximum Gasteiger partial charge on any atom is 0.315 e. The van der Waals surface area contributed by atoms with Crippen LogP contribution in [0, 0.1) is 5.82 Å². The highest BCUT2D eigenvalue weighted by Crippen LogP contribution is 2.30. The average molecular weight is 327 g/mol. The summed E-state index contributed by atoms with van der Waals surface area (Å²) in [7, 11) is 0. The third-order valence-electron chi connectivity index (χ3n) is 2.89. The fourth-order valence-electron chi connectivity index (χ4n) is 1.60. The van der Waals surface area contributed by atoms with Gasteiger partial charge in [0.2, 0.25) is 0 Å². The van der Waals surface area contributed by atoms with E-state index < -0.39 is 11.4 Å². The zero-order valence-corrected chi connectivity index (χ0v) is 12.0. The van der Waals surface area contributed by atoms with Crippen molar-refractivity contribution >= 4 is 21.9 Å². The highest BCUT2D eigenvalue weighted by atomic mass is 79.9. The van der Waals surface area contributed by atoms with Gasteiger partial charge in [-0.3, -0.25) is 4.79 Å². The first-order chi connectivity index (χ1) is 8.82. The Morgan fingerprint density at radius 2 is 1.95 bits per heavy atom. The normalized spacial score (nSPS) is 11.6. The number of rotatable bonds is 3. The van der Waals surface area contributed by atoms with Gasteiger partial charge < -0.3 is 5.11 Å². The molecule has 0 saturated heterocycles. The molecule has 0 aliphatic carbocycles. The molecule has 100 valence electrons. The fraction of sp³-hybridized carbons (Fsp3) is 0.231. The number of hydrogen-bond acceptors (Lipinski definition) is 2. The van der Waals surface area contributed by atoms with Crippen LogP contribution in [-0.2, 0) is 10.2 Å². The Morgan fingerprint density at radius 3 is 2.47 bits per heavy atom. The minimum absolute atomic E-state index is 0.332. The zero-order chi connectivity index (χ0) is 14.2. The fourth-order valence-corrected chi connectivity index (χ4v) is 2.37. The summed E-state index contributed by atoms with van der Waals surface area (Å²) in [6.07, 6.45) is 1.66. The third kappa shape index (κ3) is 2.53. The molecule has 0 fully saturated rings. The lowest BCUT2D eigenvalue weighted by Crippen LogP contribution is -2.29. The molecule has 1 heterocycles. The SMILES string of the molecule is CC(C)(C(=O)O)c1nn(-c2ccc(F)cc2)cc1Br. The van der Waals surface area contributed by atoms with E-state index in [-0.39, 0.29) is 5.82 Å². The number of carboxylic acids is 1.